The highest BCUT2D eigenvalue weighted by molar-refractivity contribution is 5.90. The maximum atomic E-state index is 12.4. The molecule has 136 valence electrons. The fraction of sp³-hybridized carbons (Fsp3) is 0.190. The second kappa shape index (κ2) is 7.85. The summed E-state index contributed by atoms with van der Waals surface area (Å²) in [7, 11) is 1.50. The average molecular weight is 361 g/mol. The average Bonchev–Trinajstić information content (AvgIpc) is 2.68. The number of hydrogen-bond donors (Lipinski definition) is 1. The molecule has 0 saturated carbocycles. The van der Waals surface area contributed by atoms with Crippen LogP contribution in [0.15, 0.2) is 52.3 Å². The second-order valence-electron chi connectivity index (χ2n) is 6.09. The molecule has 0 spiro atoms. The monoisotopic (exact) mass is 361 g/mol. The van der Waals surface area contributed by atoms with Gasteiger partial charge in [-0.15, -0.1) is 0 Å². The predicted octanol–water partition coefficient (Wildman–Crippen LogP) is 3.28. The van der Waals surface area contributed by atoms with Crippen LogP contribution in [0.25, 0.3) is 10.8 Å². The van der Waals surface area contributed by atoms with Gasteiger partial charge < -0.3 is 9.84 Å². The van der Waals surface area contributed by atoms with E-state index in [0.29, 0.717) is 16.8 Å². The first kappa shape index (κ1) is 18.4. The molecule has 0 amide bonds. The maximum Gasteiger partial charge on any atom is 0.271 e. The van der Waals surface area contributed by atoms with Gasteiger partial charge in [0.2, 0.25) is 5.88 Å². The lowest BCUT2D eigenvalue weighted by Gasteiger charge is -2.13. The molecule has 0 saturated heterocycles. The quantitative estimate of drug-likeness (QED) is 0.707. The molecular formula is C21H19N3O3. The molecule has 27 heavy (non-hydrogen) atoms. The van der Waals surface area contributed by atoms with Crippen LogP contribution < -0.4 is 5.56 Å². The molecule has 0 atom stereocenters. The number of aromatic hydroxyl groups is 1. The Hall–Kier alpha value is -3.43. The normalized spacial score (nSPS) is 11.1. The van der Waals surface area contributed by atoms with Gasteiger partial charge in [-0.05, 0) is 35.4 Å². The maximum absolute atomic E-state index is 12.4. The SMILES string of the molecule is COCCn1c(O)c(C=Nc2ccc3ccccc3c2)c(C)c(C#N)c1=O. The minimum atomic E-state index is -0.535. The molecule has 1 N–H and O–H groups in total. The summed E-state index contributed by atoms with van der Waals surface area (Å²) in [5.74, 6) is -0.224. The van der Waals surface area contributed by atoms with E-state index in [-0.39, 0.29) is 24.6 Å². The lowest BCUT2D eigenvalue weighted by Crippen LogP contribution is -2.26. The lowest BCUT2D eigenvalue weighted by molar-refractivity contribution is 0.182. The first-order chi connectivity index (χ1) is 13.1. The van der Waals surface area contributed by atoms with Crippen LogP contribution in [0.3, 0.4) is 0 Å². The molecule has 3 rings (SSSR count). The van der Waals surface area contributed by atoms with Crippen molar-refractivity contribution < 1.29 is 9.84 Å². The zero-order valence-electron chi connectivity index (χ0n) is 15.1. The largest absolute Gasteiger partial charge is 0.494 e. The van der Waals surface area contributed by atoms with E-state index in [1.807, 2.05) is 48.5 Å². The smallest absolute Gasteiger partial charge is 0.271 e. The van der Waals surface area contributed by atoms with Gasteiger partial charge in [-0.2, -0.15) is 5.26 Å². The summed E-state index contributed by atoms with van der Waals surface area (Å²) in [6.07, 6.45) is 1.48. The van der Waals surface area contributed by atoms with E-state index in [1.54, 1.807) is 6.92 Å². The van der Waals surface area contributed by atoms with E-state index in [2.05, 4.69) is 4.99 Å². The number of nitrogens with zero attached hydrogens (tertiary/aromatic N) is 3. The molecule has 0 fully saturated rings. The Balaban J connectivity index is 2.08. The molecule has 6 heteroatoms. The summed E-state index contributed by atoms with van der Waals surface area (Å²) in [5.41, 5.74) is 0.908. The van der Waals surface area contributed by atoms with Crippen molar-refractivity contribution in [1.29, 1.82) is 5.26 Å². The fourth-order valence-corrected chi connectivity index (χ4v) is 2.91. The number of nitriles is 1. The first-order valence-electron chi connectivity index (χ1n) is 8.45. The topological polar surface area (TPSA) is 87.6 Å². The Morgan fingerprint density at radius 1 is 1.26 bits per heavy atom. The summed E-state index contributed by atoms with van der Waals surface area (Å²) < 4.78 is 6.12. The Bertz CT molecular complexity index is 1120. The molecule has 6 nitrogen and oxygen atoms in total. The van der Waals surface area contributed by atoms with Crippen molar-refractivity contribution in [2.24, 2.45) is 4.99 Å². The molecule has 2 aromatic carbocycles. The van der Waals surface area contributed by atoms with E-state index < -0.39 is 5.56 Å². The predicted molar refractivity (Wildman–Crippen MR) is 105 cm³/mol. The van der Waals surface area contributed by atoms with Gasteiger partial charge in [-0.3, -0.25) is 14.4 Å². The van der Waals surface area contributed by atoms with Gasteiger partial charge in [0, 0.05) is 13.3 Å². The third kappa shape index (κ3) is 3.59. The van der Waals surface area contributed by atoms with Crippen molar-refractivity contribution in [3.63, 3.8) is 0 Å². The highest BCUT2D eigenvalue weighted by Crippen LogP contribution is 2.23. The van der Waals surface area contributed by atoms with Crippen molar-refractivity contribution in [1.82, 2.24) is 4.57 Å². The number of hydrogen-bond acceptors (Lipinski definition) is 5. The third-order valence-electron chi connectivity index (χ3n) is 4.44. The highest BCUT2D eigenvalue weighted by atomic mass is 16.5. The minimum absolute atomic E-state index is 0.0103. The van der Waals surface area contributed by atoms with Crippen molar-refractivity contribution >= 4 is 22.7 Å². The zero-order chi connectivity index (χ0) is 19.4. The van der Waals surface area contributed by atoms with Crippen LogP contribution in [0.4, 0.5) is 5.69 Å². The molecule has 0 unspecified atom stereocenters. The first-order valence-corrected chi connectivity index (χ1v) is 8.45. The molecule has 1 aromatic heterocycles. The molecule has 0 aliphatic rings. The molecule has 0 radical (unpaired) electrons. The number of aromatic nitrogens is 1. The van der Waals surface area contributed by atoms with E-state index >= 15 is 0 Å². The van der Waals surface area contributed by atoms with E-state index in [0.717, 1.165) is 15.3 Å². The Morgan fingerprint density at radius 2 is 2.00 bits per heavy atom. The van der Waals surface area contributed by atoms with E-state index in [1.165, 1.54) is 13.3 Å². The number of rotatable bonds is 5. The number of pyridine rings is 1. The second-order valence-corrected chi connectivity index (χ2v) is 6.09. The molecule has 1 heterocycles. The van der Waals surface area contributed by atoms with Gasteiger partial charge in [0.15, 0.2) is 0 Å². The fourth-order valence-electron chi connectivity index (χ4n) is 2.91. The number of methoxy groups -OCH3 is 1. The van der Waals surface area contributed by atoms with Crippen molar-refractivity contribution in [3.8, 4) is 11.9 Å². The van der Waals surface area contributed by atoms with Gasteiger partial charge >= 0.3 is 0 Å². The van der Waals surface area contributed by atoms with Crippen LogP contribution in [0.5, 0.6) is 5.88 Å². The number of aliphatic imine (C=N–C) groups is 1. The summed E-state index contributed by atoms with van der Waals surface area (Å²) in [6.45, 7) is 2.01. The van der Waals surface area contributed by atoms with E-state index in [4.69, 9.17) is 4.74 Å². The van der Waals surface area contributed by atoms with Crippen molar-refractivity contribution in [2.75, 3.05) is 13.7 Å². The van der Waals surface area contributed by atoms with Crippen molar-refractivity contribution in [2.45, 2.75) is 13.5 Å². The van der Waals surface area contributed by atoms with Gasteiger partial charge in [0.25, 0.3) is 5.56 Å². The minimum Gasteiger partial charge on any atom is -0.494 e. The molecule has 0 aliphatic carbocycles. The lowest BCUT2D eigenvalue weighted by atomic mass is 10.1. The van der Waals surface area contributed by atoms with Crippen molar-refractivity contribution in [3.05, 3.63) is 69.5 Å². The number of fused-ring (bicyclic) bond motifs is 1. The number of ether oxygens (including phenoxy) is 1. The van der Waals surface area contributed by atoms with Crippen LogP contribution in [0.1, 0.15) is 16.7 Å². The Morgan fingerprint density at radius 3 is 2.70 bits per heavy atom. The van der Waals surface area contributed by atoms with Gasteiger partial charge in [0.05, 0.1) is 24.4 Å². The van der Waals surface area contributed by atoms with Gasteiger partial charge in [-0.1, -0.05) is 30.3 Å². The van der Waals surface area contributed by atoms with Crippen LogP contribution in [-0.4, -0.2) is 29.6 Å². The van der Waals surface area contributed by atoms with E-state index in [9.17, 15) is 15.2 Å². The van der Waals surface area contributed by atoms with Crippen LogP contribution in [0, 0.1) is 18.3 Å². The Kier molecular flexibility index (Phi) is 5.34. The van der Waals surface area contributed by atoms with Gasteiger partial charge in [0.1, 0.15) is 11.6 Å². The Labute approximate surface area is 156 Å². The zero-order valence-corrected chi connectivity index (χ0v) is 15.1. The molecule has 0 aliphatic heterocycles. The molecular weight excluding hydrogens is 342 g/mol. The van der Waals surface area contributed by atoms with Crippen LogP contribution >= 0.6 is 0 Å². The van der Waals surface area contributed by atoms with Crippen LogP contribution in [-0.2, 0) is 11.3 Å². The number of benzene rings is 2. The highest BCUT2D eigenvalue weighted by Gasteiger charge is 2.17. The third-order valence-corrected chi connectivity index (χ3v) is 4.44. The molecule has 3 aromatic rings. The summed E-state index contributed by atoms with van der Waals surface area (Å²) in [4.78, 5) is 16.8. The molecule has 0 bridgehead atoms. The standard InChI is InChI=1S/C21H19N3O3/c1-14-18(12-22)20(25)24(9-10-27-2)21(26)19(14)13-23-17-8-7-15-5-3-4-6-16(15)11-17/h3-8,11,13,26H,9-10H2,1-2H3. The summed E-state index contributed by atoms with van der Waals surface area (Å²) in [5, 5.41) is 22.1. The summed E-state index contributed by atoms with van der Waals surface area (Å²) in [6, 6.07) is 15.6. The summed E-state index contributed by atoms with van der Waals surface area (Å²) >= 11 is 0. The van der Waals surface area contributed by atoms with Crippen LogP contribution in [0.2, 0.25) is 0 Å². The van der Waals surface area contributed by atoms with Gasteiger partial charge in [-0.25, -0.2) is 0 Å².